The van der Waals surface area contributed by atoms with E-state index in [-0.39, 0.29) is 29.9 Å². The lowest BCUT2D eigenvalue weighted by Crippen LogP contribution is -2.43. The number of ether oxygens (including phenoxy) is 1. The van der Waals surface area contributed by atoms with Gasteiger partial charge < -0.3 is 20.7 Å². The molecule has 168 valence electrons. The molecule has 1 saturated heterocycles. The van der Waals surface area contributed by atoms with E-state index in [0.29, 0.717) is 18.5 Å². The molecule has 0 bridgehead atoms. The Morgan fingerprint density at radius 3 is 2.50 bits per heavy atom. The van der Waals surface area contributed by atoms with Crippen LogP contribution in [0, 0.1) is 0 Å². The van der Waals surface area contributed by atoms with Crippen LogP contribution in [0.5, 0.6) is 5.75 Å². The molecule has 8 heteroatoms. The van der Waals surface area contributed by atoms with E-state index in [1.807, 2.05) is 12.1 Å². The third-order valence-corrected chi connectivity index (χ3v) is 5.58. The van der Waals surface area contributed by atoms with Crippen LogP contribution in [-0.2, 0) is 4.79 Å². The van der Waals surface area contributed by atoms with E-state index in [1.165, 1.54) is 18.4 Å². The minimum absolute atomic E-state index is 0. The normalized spacial score (nSPS) is 17.7. The number of carbonyl (C=O) groups excluding carboxylic acids is 1. The molecule has 1 amide bonds. The average molecular weight is 529 g/mol. The first kappa shape index (κ1) is 24.7. The highest BCUT2D eigenvalue weighted by atomic mass is 127. The van der Waals surface area contributed by atoms with Gasteiger partial charge in [-0.25, -0.2) is 0 Å². The molecule has 1 heterocycles. The second-order valence-corrected chi connectivity index (χ2v) is 7.86. The standard InChI is InChI=1S/C22H35N5O2.HI/c1-23-22(24-13-5-6-21(28)26-18-9-10-18)25-16-20(27-14-3-4-15-27)17-7-11-19(29-2)12-8-17;/h7-8,11-12,18,20H,3-6,9-10,13-16H2,1-2H3,(H,26,28)(H2,23,24,25);1H. The Morgan fingerprint density at radius 2 is 1.90 bits per heavy atom. The summed E-state index contributed by atoms with van der Waals surface area (Å²) in [5.74, 6) is 1.82. The molecule has 1 aromatic rings. The van der Waals surface area contributed by atoms with E-state index in [0.717, 1.165) is 57.2 Å². The average Bonchev–Trinajstić information content (AvgIpc) is 3.39. The van der Waals surface area contributed by atoms with Crippen molar-refractivity contribution in [3.8, 4) is 5.75 Å². The molecule has 1 aromatic carbocycles. The van der Waals surface area contributed by atoms with E-state index in [4.69, 9.17) is 4.74 Å². The van der Waals surface area contributed by atoms with E-state index >= 15 is 0 Å². The van der Waals surface area contributed by atoms with Crippen molar-refractivity contribution in [3.05, 3.63) is 29.8 Å². The zero-order chi connectivity index (χ0) is 20.5. The molecule has 1 atom stereocenters. The summed E-state index contributed by atoms with van der Waals surface area (Å²) < 4.78 is 5.30. The molecule has 30 heavy (non-hydrogen) atoms. The number of aliphatic imine (C=N–C) groups is 1. The number of halogens is 1. The van der Waals surface area contributed by atoms with E-state index in [9.17, 15) is 4.79 Å². The molecule has 1 aliphatic heterocycles. The van der Waals surface area contributed by atoms with Crippen molar-refractivity contribution in [3.63, 3.8) is 0 Å². The molecule has 7 nitrogen and oxygen atoms in total. The third-order valence-electron chi connectivity index (χ3n) is 5.58. The van der Waals surface area contributed by atoms with Crippen LogP contribution >= 0.6 is 24.0 Å². The van der Waals surface area contributed by atoms with Gasteiger partial charge in [-0.1, -0.05) is 12.1 Å². The van der Waals surface area contributed by atoms with Crippen LogP contribution in [-0.4, -0.2) is 63.1 Å². The van der Waals surface area contributed by atoms with Crippen LogP contribution in [0.1, 0.15) is 50.1 Å². The van der Waals surface area contributed by atoms with Crippen molar-refractivity contribution in [2.24, 2.45) is 4.99 Å². The van der Waals surface area contributed by atoms with Gasteiger partial charge in [-0.15, -0.1) is 24.0 Å². The van der Waals surface area contributed by atoms with E-state index in [1.54, 1.807) is 14.2 Å². The summed E-state index contributed by atoms with van der Waals surface area (Å²) in [6.07, 6.45) is 6.13. The highest BCUT2D eigenvalue weighted by Crippen LogP contribution is 2.26. The summed E-state index contributed by atoms with van der Waals surface area (Å²) in [5.41, 5.74) is 1.28. The maximum atomic E-state index is 11.8. The number of hydrogen-bond donors (Lipinski definition) is 3. The lowest BCUT2D eigenvalue weighted by molar-refractivity contribution is -0.121. The molecular weight excluding hydrogens is 493 g/mol. The number of benzene rings is 1. The summed E-state index contributed by atoms with van der Waals surface area (Å²) in [7, 11) is 3.48. The maximum Gasteiger partial charge on any atom is 0.220 e. The third kappa shape index (κ3) is 7.94. The van der Waals surface area contributed by atoms with Crippen LogP contribution in [0.2, 0.25) is 0 Å². The predicted molar refractivity (Wildman–Crippen MR) is 132 cm³/mol. The number of likely N-dealkylation sites (tertiary alicyclic amines) is 1. The van der Waals surface area contributed by atoms with Crippen molar-refractivity contribution in [1.82, 2.24) is 20.9 Å². The first-order valence-electron chi connectivity index (χ1n) is 10.8. The molecule has 3 rings (SSSR count). The molecule has 0 aromatic heterocycles. The minimum Gasteiger partial charge on any atom is -0.497 e. The Bertz CT molecular complexity index is 673. The van der Waals surface area contributed by atoms with E-state index in [2.05, 4.69) is 38.0 Å². The number of nitrogens with one attached hydrogen (secondary N) is 3. The number of rotatable bonds is 10. The van der Waals surface area contributed by atoms with Crippen molar-refractivity contribution in [2.75, 3.05) is 40.3 Å². The Balaban J connectivity index is 0.00000320. The second kappa shape index (κ2) is 13.0. The molecule has 1 aliphatic carbocycles. The molecule has 2 fully saturated rings. The highest BCUT2D eigenvalue weighted by molar-refractivity contribution is 14.0. The van der Waals surface area contributed by atoms with Crippen molar-refractivity contribution in [2.45, 2.75) is 50.6 Å². The quantitative estimate of drug-likeness (QED) is 0.188. The van der Waals surface area contributed by atoms with Gasteiger partial charge in [-0.2, -0.15) is 0 Å². The van der Waals surface area contributed by atoms with Gasteiger partial charge in [-0.05, 0) is 62.9 Å². The maximum absolute atomic E-state index is 11.8. The first-order chi connectivity index (χ1) is 14.2. The molecular formula is C22H36IN5O2. The molecule has 1 saturated carbocycles. The first-order valence-corrected chi connectivity index (χ1v) is 10.8. The lowest BCUT2D eigenvalue weighted by Gasteiger charge is -2.29. The highest BCUT2D eigenvalue weighted by Gasteiger charge is 2.24. The summed E-state index contributed by atoms with van der Waals surface area (Å²) >= 11 is 0. The lowest BCUT2D eigenvalue weighted by atomic mass is 10.1. The summed E-state index contributed by atoms with van der Waals surface area (Å²) in [6.45, 7) is 3.77. The van der Waals surface area contributed by atoms with Gasteiger partial charge in [0, 0.05) is 32.6 Å². The van der Waals surface area contributed by atoms with E-state index < -0.39 is 0 Å². The Hall–Kier alpha value is -1.55. The largest absolute Gasteiger partial charge is 0.497 e. The van der Waals surface area contributed by atoms with Gasteiger partial charge in [0.15, 0.2) is 5.96 Å². The van der Waals surface area contributed by atoms with Crippen LogP contribution < -0.4 is 20.7 Å². The summed E-state index contributed by atoms with van der Waals surface area (Å²) in [5, 5.41) is 9.83. The Morgan fingerprint density at radius 1 is 1.20 bits per heavy atom. The number of hydrogen-bond acceptors (Lipinski definition) is 4. The molecule has 1 unspecified atom stereocenters. The van der Waals surface area contributed by atoms with Gasteiger partial charge in [0.25, 0.3) is 0 Å². The van der Waals surface area contributed by atoms with Gasteiger partial charge in [-0.3, -0.25) is 14.7 Å². The van der Waals surface area contributed by atoms with Crippen LogP contribution in [0.3, 0.4) is 0 Å². The van der Waals surface area contributed by atoms with Gasteiger partial charge in [0.2, 0.25) is 5.91 Å². The molecule has 3 N–H and O–H groups in total. The number of amides is 1. The van der Waals surface area contributed by atoms with Crippen molar-refractivity contribution < 1.29 is 9.53 Å². The smallest absolute Gasteiger partial charge is 0.220 e. The van der Waals surface area contributed by atoms with Crippen LogP contribution in [0.25, 0.3) is 0 Å². The zero-order valence-electron chi connectivity index (χ0n) is 18.2. The second-order valence-electron chi connectivity index (χ2n) is 7.86. The Labute approximate surface area is 197 Å². The van der Waals surface area contributed by atoms with Crippen LogP contribution in [0.4, 0.5) is 0 Å². The van der Waals surface area contributed by atoms with Crippen LogP contribution in [0.15, 0.2) is 29.3 Å². The molecule has 0 radical (unpaired) electrons. The summed E-state index contributed by atoms with van der Waals surface area (Å²) in [6, 6.07) is 9.09. The van der Waals surface area contributed by atoms with Crippen molar-refractivity contribution >= 4 is 35.8 Å². The number of methoxy groups -OCH3 is 1. The number of nitrogens with zero attached hydrogens (tertiary/aromatic N) is 2. The fourth-order valence-corrected chi connectivity index (χ4v) is 3.73. The molecule has 2 aliphatic rings. The van der Waals surface area contributed by atoms with Crippen molar-refractivity contribution in [1.29, 1.82) is 0 Å². The fourth-order valence-electron chi connectivity index (χ4n) is 3.73. The monoisotopic (exact) mass is 529 g/mol. The Kier molecular flexibility index (Phi) is 10.7. The number of carbonyl (C=O) groups is 1. The fraction of sp³-hybridized carbons (Fsp3) is 0.636. The minimum atomic E-state index is 0. The number of guanidine groups is 1. The van der Waals surface area contributed by atoms with Gasteiger partial charge in [0.05, 0.1) is 13.2 Å². The predicted octanol–water partition coefficient (Wildman–Crippen LogP) is 2.67. The topological polar surface area (TPSA) is 78.0 Å². The zero-order valence-corrected chi connectivity index (χ0v) is 20.5. The van der Waals surface area contributed by atoms with Gasteiger partial charge >= 0.3 is 0 Å². The molecule has 0 spiro atoms. The summed E-state index contributed by atoms with van der Waals surface area (Å²) in [4.78, 5) is 18.6. The SMILES string of the molecule is CN=C(NCCCC(=O)NC1CC1)NCC(c1ccc(OC)cc1)N1CCCC1.I. The van der Waals surface area contributed by atoms with Gasteiger partial charge in [0.1, 0.15) is 5.75 Å².